The van der Waals surface area contributed by atoms with Crippen molar-refractivity contribution in [3.05, 3.63) is 21.4 Å². The molecule has 0 aliphatic rings. The van der Waals surface area contributed by atoms with Crippen LogP contribution in [0.4, 0.5) is 13.2 Å². The Bertz CT molecular complexity index is 414. The molecular weight excluding hydrogens is 255 g/mol. The van der Waals surface area contributed by atoms with Crippen LogP contribution in [0.25, 0.3) is 0 Å². The van der Waals surface area contributed by atoms with Gasteiger partial charge in [0.15, 0.2) is 0 Å². The molecule has 0 saturated heterocycles. The van der Waals surface area contributed by atoms with Crippen LogP contribution in [0.15, 0.2) is 6.07 Å². The molecule has 7 heteroatoms. The van der Waals surface area contributed by atoms with Gasteiger partial charge in [0.25, 0.3) is 0 Å². The highest BCUT2D eigenvalue weighted by Crippen LogP contribution is 2.24. The molecule has 17 heavy (non-hydrogen) atoms. The van der Waals surface area contributed by atoms with Crippen molar-refractivity contribution in [3.63, 3.8) is 0 Å². The molecule has 0 radical (unpaired) electrons. The molecule has 0 spiro atoms. The Morgan fingerprint density at radius 2 is 2.12 bits per heavy atom. The van der Waals surface area contributed by atoms with E-state index in [1.54, 1.807) is 6.92 Å². The summed E-state index contributed by atoms with van der Waals surface area (Å²) in [6, 6.07) is 1.43. The molecule has 0 saturated carbocycles. The number of aromatic carboxylic acids is 1. The number of thiophene rings is 1. The Hall–Kier alpha value is -1.08. The quantitative estimate of drug-likeness (QED) is 0.912. The van der Waals surface area contributed by atoms with E-state index < -0.39 is 18.7 Å². The second kappa shape index (κ2) is 5.05. The summed E-state index contributed by atoms with van der Waals surface area (Å²) in [5, 5.41) is 8.76. The summed E-state index contributed by atoms with van der Waals surface area (Å²) < 4.78 is 36.3. The Morgan fingerprint density at radius 1 is 1.53 bits per heavy atom. The summed E-state index contributed by atoms with van der Waals surface area (Å²) in [4.78, 5) is 12.7. The van der Waals surface area contributed by atoms with Crippen molar-refractivity contribution < 1.29 is 23.1 Å². The number of halogens is 3. The summed E-state index contributed by atoms with van der Waals surface area (Å²) in [7, 11) is 1.35. The molecule has 0 atom stereocenters. The van der Waals surface area contributed by atoms with Crippen LogP contribution in [0.1, 0.15) is 20.1 Å². The van der Waals surface area contributed by atoms with E-state index in [-0.39, 0.29) is 11.4 Å². The topological polar surface area (TPSA) is 40.5 Å². The Morgan fingerprint density at radius 3 is 2.53 bits per heavy atom. The first-order chi connectivity index (χ1) is 7.69. The lowest BCUT2D eigenvalue weighted by atomic mass is 10.2. The van der Waals surface area contributed by atoms with Crippen LogP contribution in [0.5, 0.6) is 0 Å². The third kappa shape index (κ3) is 4.35. The van der Waals surface area contributed by atoms with Crippen LogP contribution in [0, 0.1) is 6.92 Å². The lowest BCUT2D eigenvalue weighted by Crippen LogP contribution is -2.30. The average molecular weight is 267 g/mol. The molecule has 1 aromatic rings. The lowest BCUT2D eigenvalue weighted by molar-refractivity contribution is -0.144. The molecule has 0 fully saturated rings. The highest BCUT2D eigenvalue weighted by Gasteiger charge is 2.29. The van der Waals surface area contributed by atoms with E-state index in [0.717, 1.165) is 21.1 Å². The van der Waals surface area contributed by atoms with Crippen molar-refractivity contribution in [2.75, 3.05) is 13.6 Å². The van der Waals surface area contributed by atoms with E-state index in [2.05, 4.69) is 0 Å². The molecule has 1 N–H and O–H groups in total. The second-order valence-corrected chi connectivity index (χ2v) is 5.04. The van der Waals surface area contributed by atoms with E-state index in [9.17, 15) is 18.0 Å². The zero-order chi connectivity index (χ0) is 13.2. The van der Waals surface area contributed by atoms with Gasteiger partial charge >= 0.3 is 12.1 Å². The Labute approximate surface area is 100 Å². The summed E-state index contributed by atoms with van der Waals surface area (Å²) in [6.45, 7) is 0.785. The molecule has 1 rings (SSSR count). The molecule has 0 aliphatic carbocycles. The van der Waals surface area contributed by atoms with Gasteiger partial charge in [0.2, 0.25) is 0 Å². The van der Waals surface area contributed by atoms with Crippen LogP contribution in [-0.2, 0) is 6.54 Å². The molecule has 0 amide bonds. The highest BCUT2D eigenvalue weighted by molar-refractivity contribution is 7.14. The molecule has 1 heterocycles. The number of alkyl halides is 3. The monoisotopic (exact) mass is 267 g/mol. The molecular formula is C10H12F3NO2S. The number of rotatable bonds is 4. The number of carbonyl (C=O) groups is 1. The normalized spacial score (nSPS) is 12.1. The number of carboxylic acids is 1. The first kappa shape index (κ1) is 14.0. The molecule has 96 valence electrons. The van der Waals surface area contributed by atoms with Crippen LogP contribution < -0.4 is 0 Å². The van der Waals surface area contributed by atoms with Crippen LogP contribution in [0.2, 0.25) is 0 Å². The predicted molar refractivity (Wildman–Crippen MR) is 58.4 cm³/mol. The molecule has 0 aliphatic heterocycles. The van der Waals surface area contributed by atoms with Gasteiger partial charge in [-0.2, -0.15) is 13.2 Å². The van der Waals surface area contributed by atoms with Gasteiger partial charge in [-0.1, -0.05) is 0 Å². The van der Waals surface area contributed by atoms with Gasteiger partial charge in [0.05, 0.1) is 6.54 Å². The highest BCUT2D eigenvalue weighted by atomic mass is 32.1. The third-order valence-corrected chi connectivity index (χ3v) is 3.20. The first-order valence-electron chi connectivity index (χ1n) is 4.77. The Kier molecular flexibility index (Phi) is 4.16. The van der Waals surface area contributed by atoms with Gasteiger partial charge in [0, 0.05) is 11.4 Å². The van der Waals surface area contributed by atoms with Crippen molar-refractivity contribution in [3.8, 4) is 0 Å². The maximum absolute atomic E-state index is 12.1. The lowest BCUT2D eigenvalue weighted by Gasteiger charge is -2.18. The van der Waals surface area contributed by atoms with Crippen LogP contribution >= 0.6 is 11.3 Å². The smallest absolute Gasteiger partial charge is 0.401 e. The van der Waals surface area contributed by atoms with E-state index in [1.165, 1.54) is 13.1 Å². The van der Waals surface area contributed by atoms with Gasteiger partial charge in [-0.05, 0) is 25.6 Å². The SMILES string of the molecule is Cc1sc(C(=O)O)cc1CN(C)CC(F)(F)F. The van der Waals surface area contributed by atoms with E-state index in [1.807, 2.05) is 0 Å². The number of carboxylic acid groups (broad SMARTS) is 1. The van der Waals surface area contributed by atoms with Crippen molar-refractivity contribution >= 4 is 17.3 Å². The van der Waals surface area contributed by atoms with E-state index in [4.69, 9.17) is 5.11 Å². The second-order valence-electron chi connectivity index (χ2n) is 3.78. The third-order valence-electron chi connectivity index (χ3n) is 2.12. The number of nitrogens with zero attached hydrogens (tertiary/aromatic N) is 1. The van der Waals surface area contributed by atoms with Crippen molar-refractivity contribution in [1.29, 1.82) is 0 Å². The summed E-state index contributed by atoms with van der Waals surface area (Å²) >= 11 is 1.07. The van der Waals surface area contributed by atoms with Crippen molar-refractivity contribution in [1.82, 2.24) is 4.90 Å². The maximum Gasteiger partial charge on any atom is 0.401 e. The zero-order valence-corrected chi connectivity index (χ0v) is 10.2. The van der Waals surface area contributed by atoms with Gasteiger partial charge in [-0.3, -0.25) is 4.90 Å². The van der Waals surface area contributed by atoms with Gasteiger partial charge < -0.3 is 5.11 Å². The maximum atomic E-state index is 12.1. The molecule has 0 unspecified atom stereocenters. The van der Waals surface area contributed by atoms with Crippen LogP contribution in [0.3, 0.4) is 0 Å². The number of hydrogen-bond donors (Lipinski definition) is 1. The minimum Gasteiger partial charge on any atom is -0.477 e. The standard InChI is InChI=1S/C10H12F3NO2S/c1-6-7(3-8(17-6)9(15)16)4-14(2)5-10(11,12)13/h3H,4-5H2,1-2H3,(H,15,16). The minimum atomic E-state index is -4.24. The van der Waals surface area contributed by atoms with Crippen molar-refractivity contribution in [2.24, 2.45) is 0 Å². The van der Waals surface area contributed by atoms with E-state index >= 15 is 0 Å². The predicted octanol–water partition coefficient (Wildman–Crippen LogP) is 2.75. The fourth-order valence-corrected chi connectivity index (χ4v) is 2.31. The fourth-order valence-electron chi connectivity index (χ4n) is 1.43. The molecule has 0 aromatic carbocycles. The Balaban J connectivity index is 2.71. The molecule has 0 bridgehead atoms. The minimum absolute atomic E-state index is 0.0924. The molecule has 3 nitrogen and oxygen atoms in total. The average Bonchev–Trinajstić information content (AvgIpc) is 2.44. The van der Waals surface area contributed by atoms with Gasteiger partial charge in [-0.25, -0.2) is 4.79 Å². The van der Waals surface area contributed by atoms with Gasteiger partial charge in [-0.15, -0.1) is 11.3 Å². The molecule has 1 aromatic heterocycles. The fraction of sp³-hybridized carbons (Fsp3) is 0.500. The summed E-state index contributed by atoms with van der Waals surface area (Å²) in [5.74, 6) is -1.05. The van der Waals surface area contributed by atoms with Gasteiger partial charge in [0.1, 0.15) is 4.88 Å². The summed E-state index contributed by atoms with van der Waals surface area (Å²) in [5.41, 5.74) is 0.624. The zero-order valence-electron chi connectivity index (χ0n) is 9.34. The number of aryl methyl sites for hydroxylation is 1. The van der Waals surface area contributed by atoms with E-state index in [0.29, 0.717) is 5.56 Å². The van der Waals surface area contributed by atoms with Crippen molar-refractivity contribution in [2.45, 2.75) is 19.6 Å². The number of hydrogen-bond acceptors (Lipinski definition) is 3. The first-order valence-corrected chi connectivity index (χ1v) is 5.58. The largest absolute Gasteiger partial charge is 0.477 e. The summed E-state index contributed by atoms with van der Waals surface area (Å²) in [6.07, 6.45) is -4.24. The van der Waals surface area contributed by atoms with Crippen LogP contribution in [-0.4, -0.2) is 35.7 Å².